The molecular weight excluding hydrogens is 206 g/mol. The zero-order chi connectivity index (χ0) is 12.2. The van der Waals surface area contributed by atoms with Gasteiger partial charge in [-0.05, 0) is 39.1 Å². The van der Waals surface area contributed by atoms with Gasteiger partial charge in [-0.15, -0.1) is 0 Å². The van der Waals surface area contributed by atoms with Crippen LogP contribution in [0, 0.1) is 0 Å². The molecule has 0 unspecified atom stereocenters. The van der Waals surface area contributed by atoms with Crippen molar-refractivity contribution in [2.45, 2.75) is 12.8 Å². The second-order valence-corrected chi connectivity index (χ2v) is 3.58. The molecule has 0 aliphatic carbocycles. The maximum absolute atomic E-state index is 10.8. The Bertz CT molecular complexity index is 219. The van der Waals surface area contributed by atoms with Crippen LogP contribution in [0.1, 0.15) is 12.8 Å². The molecular formula is C11H21N3O2. The second-order valence-electron chi connectivity index (χ2n) is 3.58. The lowest BCUT2D eigenvalue weighted by molar-refractivity contribution is -0.116. The SMILES string of the molecule is C=CC(=O)NCCCN(C)CCCNC=O. The number of nitrogens with zero attached hydrogens (tertiary/aromatic N) is 1. The van der Waals surface area contributed by atoms with E-state index in [1.807, 2.05) is 7.05 Å². The highest BCUT2D eigenvalue weighted by Crippen LogP contribution is 1.89. The van der Waals surface area contributed by atoms with Gasteiger partial charge in [0.05, 0.1) is 0 Å². The normalized spacial score (nSPS) is 9.88. The van der Waals surface area contributed by atoms with Gasteiger partial charge < -0.3 is 15.5 Å². The van der Waals surface area contributed by atoms with Crippen LogP contribution in [0.15, 0.2) is 12.7 Å². The number of amides is 2. The summed E-state index contributed by atoms with van der Waals surface area (Å²) in [4.78, 5) is 23.0. The lowest BCUT2D eigenvalue weighted by Gasteiger charge is -2.16. The molecule has 0 aromatic heterocycles. The van der Waals surface area contributed by atoms with Gasteiger partial charge in [-0.2, -0.15) is 0 Å². The maximum Gasteiger partial charge on any atom is 0.243 e. The van der Waals surface area contributed by atoms with E-state index in [4.69, 9.17) is 0 Å². The molecule has 92 valence electrons. The molecule has 0 radical (unpaired) electrons. The van der Waals surface area contributed by atoms with Crippen LogP contribution in [0.2, 0.25) is 0 Å². The second kappa shape index (κ2) is 10.2. The summed E-state index contributed by atoms with van der Waals surface area (Å²) in [6.45, 7) is 6.62. The molecule has 0 rings (SSSR count). The highest BCUT2D eigenvalue weighted by atomic mass is 16.1. The summed E-state index contributed by atoms with van der Waals surface area (Å²) in [6, 6.07) is 0. The summed E-state index contributed by atoms with van der Waals surface area (Å²) >= 11 is 0. The molecule has 2 N–H and O–H groups in total. The van der Waals surface area contributed by atoms with E-state index in [1.54, 1.807) is 0 Å². The summed E-state index contributed by atoms with van der Waals surface area (Å²) in [5, 5.41) is 5.34. The van der Waals surface area contributed by atoms with Gasteiger partial charge in [-0.25, -0.2) is 0 Å². The Kier molecular flexibility index (Phi) is 9.30. The predicted molar refractivity (Wildman–Crippen MR) is 64.0 cm³/mol. The average Bonchev–Trinajstić information content (AvgIpc) is 2.30. The minimum Gasteiger partial charge on any atom is -0.359 e. The van der Waals surface area contributed by atoms with Gasteiger partial charge in [-0.1, -0.05) is 6.58 Å². The molecule has 0 heterocycles. The van der Waals surface area contributed by atoms with E-state index in [2.05, 4.69) is 22.1 Å². The highest BCUT2D eigenvalue weighted by Gasteiger charge is 1.98. The van der Waals surface area contributed by atoms with Gasteiger partial charge in [0.15, 0.2) is 0 Å². The summed E-state index contributed by atoms with van der Waals surface area (Å²) in [5.74, 6) is -0.127. The fraction of sp³-hybridized carbons (Fsp3) is 0.636. The maximum atomic E-state index is 10.8. The van der Waals surface area contributed by atoms with E-state index in [1.165, 1.54) is 6.08 Å². The third-order valence-corrected chi connectivity index (χ3v) is 2.15. The van der Waals surface area contributed by atoms with Crippen LogP contribution in [-0.2, 0) is 9.59 Å². The highest BCUT2D eigenvalue weighted by molar-refractivity contribution is 5.86. The first-order valence-corrected chi connectivity index (χ1v) is 5.46. The van der Waals surface area contributed by atoms with Gasteiger partial charge in [0.2, 0.25) is 12.3 Å². The number of carbonyl (C=O) groups is 2. The molecule has 0 aromatic carbocycles. The smallest absolute Gasteiger partial charge is 0.243 e. The van der Waals surface area contributed by atoms with Crippen molar-refractivity contribution in [1.29, 1.82) is 0 Å². The van der Waals surface area contributed by atoms with Crippen molar-refractivity contribution in [3.63, 3.8) is 0 Å². The molecule has 0 spiro atoms. The Morgan fingerprint density at radius 1 is 1.31 bits per heavy atom. The molecule has 2 amide bonds. The van der Waals surface area contributed by atoms with Gasteiger partial charge in [0.1, 0.15) is 0 Å². The Balaban J connectivity index is 3.29. The molecule has 0 aliphatic rings. The van der Waals surface area contributed by atoms with E-state index in [0.717, 1.165) is 25.9 Å². The Morgan fingerprint density at radius 2 is 1.94 bits per heavy atom. The van der Waals surface area contributed by atoms with Crippen molar-refractivity contribution >= 4 is 12.3 Å². The molecule has 0 saturated carbocycles. The van der Waals surface area contributed by atoms with Gasteiger partial charge in [0.25, 0.3) is 0 Å². The van der Waals surface area contributed by atoms with E-state index < -0.39 is 0 Å². The van der Waals surface area contributed by atoms with Crippen LogP contribution >= 0.6 is 0 Å². The molecule has 5 nitrogen and oxygen atoms in total. The summed E-state index contributed by atoms with van der Waals surface area (Å²) in [5.41, 5.74) is 0. The van der Waals surface area contributed by atoms with E-state index in [9.17, 15) is 9.59 Å². The predicted octanol–water partition coefficient (Wildman–Crippen LogP) is -0.253. The molecule has 0 bridgehead atoms. The van der Waals surface area contributed by atoms with Gasteiger partial charge in [-0.3, -0.25) is 9.59 Å². The van der Waals surface area contributed by atoms with E-state index >= 15 is 0 Å². The first-order chi connectivity index (χ1) is 7.70. The fourth-order valence-corrected chi connectivity index (χ4v) is 1.25. The third-order valence-electron chi connectivity index (χ3n) is 2.15. The topological polar surface area (TPSA) is 61.4 Å². The number of carbonyl (C=O) groups excluding carboxylic acids is 2. The molecule has 5 heteroatoms. The van der Waals surface area contributed by atoms with Crippen molar-refractivity contribution in [3.8, 4) is 0 Å². The number of hydrogen-bond donors (Lipinski definition) is 2. The summed E-state index contributed by atoms with van der Waals surface area (Å²) in [6.07, 6.45) is 3.84. The van der Waals surface area contributed by atoms with Gasteiger partial charge in [0, 0.05) is 13.1 Å². The Labute approximate surface area is 96.9 Å². The third kappa shape index (κ3) is 9.21. The van der Waals surface area contributed by atoms with Crippen LogP contribution < -0.4 is 10.6 Å². The molecule has 16 heavy (non-hydrogen) atoms. The first-order valence-electron chi connectivity index (χ1n) is 5.46. The lowest BCUT2D eigenvalue weighted by atomic mass is 10.3. The molecule has 0 atom stereocenters. The van der Waals surface area contributed by atoms with Crippen LogP contribution in [-0.4, -0.2) is 50.4 Å². The van der Waals surface area contributed by atoms with Crippen molar-refractivity contribution in [1.82, 2.24) is 15.5 Å². The number of rotatable bonds is 10. The number of nitrogens with one attached hydrogen (secondary N) is 2. The first kappa shape index (κ1) is 14.6. The molecule has 0 aliphatic heterocycles. The van der Waals surface area contributed by atoms with Crippen molar-refractivity contribution in [2.75, 3.05) is 33.2 Å². The Morgan fingerprint density at radius 3 is 2.50 bits per heavy atom. The van der Waals surface area contributed by atoms with Crippen LogP contribution in [0.25, 0.3) is 0 Å². The molecule has 0 fully saturated rings. The monoisotopic (exact) mass is 227 g/mol. The van der Waals surface area contributed by atoms with Crippen LogP contribution in [0.3, 0.4) is 0 Å². The van der Waals surface area contributed by atoms with Crippen LogP contribution in [0.5, 0.6) is 0 Å². The molecule has 0 saturated heterocycles. The minimum atomic E-state index is -0.127. The summed E-state index contributed by atoms with van der Waals surface area (Å²) in [7, 11) is 2.02. The van der Waals surface area contributed by atoms with Crippen LogP contribution in [0.4, 0.5) is 0 Å². The van der Waals surface area contributed by atoms with E-state index in [-0.39, 0.29) is 5.91 Å². The zero-order valence-corrected chi connectivity index (χ0v) is 9.87. The lowest BCUT2D eigenvalue weighted by Crippen LogP contribution is -2.28. The molecule has 0 aromatic rings. The standard InChI is InChI=1S/C11H21N3O2/c1-3-11(16)13-7-5-9-14(2)8-4-6-12-10-15/h3,10H,1,4-9H2,2H3,(H,12,15)(H,13,16). The van der Waals surface area contributed by atoms with Crippen molar-refractivity contribution in [3.05, 3.63) is 12.7 Å². The number of hydrogen-bond acceptors (Lipinski definition) is 3. The van der Waals surface area contributed by atoms with E-state index in [0.29, 0.717) is 19.5 Å². The zero-order valence-electron chi connectivity index (χ0n) is 9.87. The minimum absolute atomic E-state index is 0.127. The van der Waals surface area contributed by atoms with Crippen molar-refractivity contribution in [2.24, 2.45) is 0 Å². The summed E-state index contributed by atoms with van der Waals surface area (Å²) < 4.78 is 0. The fourth-order valence-electron chi connectivity index (χ4n) is 1.25. The Hall–Kier alpha value is -1.36. The largest absolute Gasteiger partial charge is 0.359 e. The van der Waals surface area contributed by atoms with Crippen molar-refractivity contribution < 1.29 is 9.59 Å². The van der Waals surface area contributed by atoms with Gasteiger partial charge >= 0.3 is 0 Å². The average molecular weight is 227 g/mol. The quantitative estimate of drug-likeness (QED) is 0.307.